The average Bonchev–Trinajstić information content (AvgIpc) is 2.29. The molecule has 1 aromatic heterocycles. The van der Waals surface area contributed by atoms with Crippen LogP contribution in [-0.2, 0) is 6.54 Å². The van der Waals surface area contributed by atoms with Gasteiger partial charge in [-0.05, 0) is 36.2 Å². The lowest BCUT2D eigenvalue weighted by Crippen LogP contribution is -1.99. The molecule has 0 atom stereocenters. The van der Waals surface area contributed by atoms with Crippen LogP contribution in [0.3, 0.4) is 0 Å². The molecule has 0 aliphatic rings. The van der Waals surface area contributed by atoms with Crippen molar-refractivity contribution in [1.82, 2.24) is 10.2 Å². The van der Waals surface area contributed by atoms with Gasteiger partial charge < -0.3 is 11.1 Å². The van der Waals surface area contributed by atoms with Gasteiger partial charge in [0.2, 0.25) is 0 Å². The summed E-state index contributed by atoms with van der Waals surface area (Å²) in [5, 5.41) is 11.1. The number of nitrogens with two attached hydrogens (primary N) is 1. The molecule has 0 aliphatic carbocycles. The molecule has 2 aromatic rings. The summed E-state index contributed by atoms with van der Waals surface area (Å²) in [6, 6.07) is 9.89. The van der Waals surface area contributed by atoms with E-state index in [4.69, 9.17) is 5.73 Å². The summed E-state index contributed by atoms with van der Waals surface area (Å²) in [7, 11) is 0. The van der Waals surface area contributed by atoms with E-state index in [0.717, 1.165) is 22.6 Å². The van der Waals surface area contributed by atoms with Gasteiger partial charge in [-0.3, -0.25) is 0 Å². The number of aromatic nitrogens is 2. The van der Waals surface area contributed by atoms with Crippen molar-refractivity contribution in [2.45, 2.75) is 13.5 Å². The highest BCUT2D eigenvalue weighted by Crippen LogP contribution is 2.15. The topological polar surface area (TPSA) is 63.8 Å². The highest BCUT2D eigenvalue weighted by molar-refractivity contribution is 5.56. The van der Waals surface area contributed by atoms with Crippen LogP contribution in [-0.4, -0.2) is 10.2 Å². The number of hydrogen-bond acceptors (Lipinski definition) is 4. The smallest absolute Gasteiger partial charge is 0.153 e. The van der Waals surface area contributed by atoms with Crippen LogP contribution in [0.25, 0.3) is 0 Å². The molecular weight excluding hydrogens is 200 g/mol. The van der Waals surface area contributed by atoms with Crippen LogP contribution in [0.5, 0.6) is 0 Å². The zero-order valence-corrected chi connectivity index (χ0v) is 9.14. The fourth-order valence-corrected chi connectivity index (χ4v) is 1.45. The second kappa shape index (κ2) is 4.72. The van der Waals surface area contributed by atoms with Crippen LogP contribution in [0.1, 0.15) is 11.1 Å². The Morgan fingerprint density at radius 1 is 1.31 bits per heavy atom. The zero-order valence-electron chi connectivity index (χ0n) is 9.14. The summed E-state index contributed by atoms with van der Waals surface area (Å²) < 4.78 is 0. The summed E-state index contributed by atoms with van der Waals surface area (Å²) in [4.78, 5) is 0. The van der Waals surface area contributed by atoms with Crippen LogP contribution in [0.15, 0.2) is 36.5 Å². The normalized spacial score (nSPS) is 10.1. The molecular formula is C12H14N4. The first-order valence-corrected chi connectivity index (χ1v) is 5.13. The molecule has 0 bridgehead atoms. The minimum Gasteiger partial charge on any atom is -0.339 e. The van der Waals surface area contributed by atoms with Crippen LogP contribution < -0.4 is 11.1 Å². The number of anilines is 2. The summed E-state index contributed by atoms with van der Waals surface area (Å²) in [6.45, 7) is 2.52. The van der Waals surface area contributed by atoms with Crippen molar-refractivity contribution < 1.29 is 0 Å². The van der Waals surface area contributed by atoms with E-state index in [-0.39, 0.29) is 0 Å². The van der Waals surface area contributed by atoms with Gasteiger partial charge in [0.1, 0.15) is 0 Å². The van der Waals surface area contributed by atoms with E-state index >= 15 is 0 Å². The van der Waals surface area contributed by atoms with Gasteiger partial charge in [-0.15, -0.1) is 5.10 Å². The Morgan fingerprint density at radius 3 is 2.94 bits per heavy atom. The van der Waals surface area contributed by atoms with Gasteiger partial charge in [-0.1, -0.05) is 12.1 Å². The third kappa shape index (κ3) is 2.55. The largest absolute Gasteiger partial charge is 0.339 e. The molecule has 0 spiro atoms. The van der Waals surface area contributed by atoms with Crippen molar-refractivity contribution in [3.8, 4) is 0 Å². The molecule has 0 aliphatic heterocycles. The van der Waals surface area contributed by atoms with Crippen LogP contribution in [0.2, 0.25) is 0 Å². The SMILES string of the molecule is Cc1cnnc(Nc2cccc(CN)c2)c1. The molecule has 1 heterocycles. The van der Waals surface area contributed by atoms with Crippen molar-refractivity contribution in [2.75, 3.05) is 5.32 Å². The maximum absolute atomic E-state index is 5.58. The Morgan fingerprint density at radius 2 is 2.19 bits per heavy atom. The first kappa shape index (κ1) is 10.6. The fourth-order valence-electron chi connectivity index (χ4n) is 1.45. The number of aryl methyl sites for hydroxylation is 1. The third-order valence-electron chi connectivity index (χ3n) is 2.23. The monoisotopic (exact) mass is 214 g/mol. The molecule has 0 fully saturated rings. The standard InChI is InChI=1S/C12H14N4/c1-9-5-12(16-14-8-9)15-11-4-2-3-10(6-11)7-13/h2-6,8H,7,13H2,1H3,(H,15,16). The Balaban J connectivity index is 2.20. The van der Waals surface area contributed by atoms with Crippen molar-refractivity contribution in [2.24, 2.45) is 5.73 Å². The van der Waals surface area contributed by atoms with Crippen molar-refractivity contribution in [3.05, 3.63) is 47.7 Å². The van der Waals surface area contributed by atoms with E-state index < -0.39 is 0 Å². The second-order valence-electron chi connectivity index (χ2n) is 3.65. The molecule has 16 heavy (non-hydrogen) atoms. The van der Waals surface area contributed by atoms with Gasteiger partial charge >= 0.3 is 0 Å². The molecule has 0 unspecified atom stereocenters. The maximum atomic E-state index is 5.58. The second-order valence-corrected chi connectivity index (χ2v) is 3.65. The Labute approximate surface area is 94.5 Å². The number of nitrogens with zero attached hydrogens (tertiary/aromatic N) is 2. The summed E-state index contributed by atoms with van der Waals surface area (Å²) in [5.74, 6) is 0.745. The van der Waals surface area contributed by atoms with E-state index in [9.17, 15) is 0 Å². The number of benzene rings is 1. The summed E-state index contributed by atoms with van der Waals surface area (Å²) in [6.07, 6.45) is 1.72. The number of hydrogen-bond donors (Lipinski definition) is 2. The molecule has 4 heteroatoms. The van der Waals surface area contributed by atoms with Crippen LogP contribution >= 0.6 is 0 Å². The van der Waals surface area contributed by atoms with E-state index in [1.807, 2.05) is 37.3 Å². The number of nitrogens with one attached hydrogen (secondary N) is 1. The fraction of sp³-hybridized carbons (Fsp3) is 0.167. The van der Waals surface area contributed by atoms with E-state index in [2.05, 4.69) is 15.5 Å². The quantitative estimate of drug-likeness (QED) is 0.820. The van der Waals surface area contributed by atoms with Crippen molar-refractivity contribution >= 4 is 11.5 Å². The highest BCUT2D eigenvalue weighted by atomic mass is 15.2. The van der Waals surface area contributed by atoms with E-state index in [1.54, 1.807) is 6.20 Å². The van der Waals surface area contributed by atoms with Gasteiger partial charge in [-0.25, -0.2) is 0 Å². The van der Waals surface area contributed by atoms with Crippen molar-refractivity contribution in [3.63, 3.8) is 0 Å². The summed E-state index contributed by atoms with van der Waals surface area (Å²) >= 11 is 0. The lowest BCUT2D eigenvalue weighted by atomic mass is 10.2. The molecule has 0 saturated carbocycles. The van der Waals surface area contributed by atoms with Gasteiger partial charge in [0.25, 0.3) is 0 Å². The Bertz CT molecular complexity index is 482. The highest BCUT2D eigenvalue weighted by Gasteiger charge is 1.97. The molecule has 0 amide bonds. The minimum atomic E-state index is 0.537. The predicted molar refractivity (Wildman–Crippen MR) is 64.4 cm³/mol. The predicted octanol–water partition coefficient (Wildman–Crippen LogP) is 1.99. The number of rotatable bonds is 3. The van der Waals surface area contributed by atoms with Crippen molar-refractivity contribution in [1.29, 1.82) is 0 Å². The lowest BCUT2D eigenvalue weighted by molar-refractivity contribution is 1.02. The van der Waals surface area contributed by atoms with Crippen LogP contribution in [0, 0.1) is 6.92 Å². The molecule has 2 rings (SSSR count). The third-order valence-corrected chi connectivity index (χ3v) is 2.23. The molecule has 1 aromatic carbocycles. The minimum absolute atomic E-state index is 0.537. The molecule has 4 nitrogen and oxygen atoms in total. The van der Waals surface area contributed by atoms with Crippen LogP contribution in [0.4, 0.5) is 11.5 Å². The Kier molecular flexibility index (Phi) is 3.12. The Hall–Kier alpha value is -1.94. The van der Waals surface area contributed by atoms with Gasteiger partial charge in [-0.2, -0.15) is 5.10 Å². The van der Waals surface area contributed by atoms with Gasteiger partial charge in [0, 0.05) is 12.2 Å². The first-order valence-electron chi connectivity index (χ1n) is 5.13. The lowest BCUT2D eigenvalue weighted by Gasteiger charge is -2.06. The van der Waals surface area contributed by atoms with E-state index in [1.165, 1.54) is 0 Å². The summed E-state index contributed by atoms with van der Waals surface area (Å²) in [5.41, 5.74) is 8.72. The van der Waals surface area contributed by atoms with E-state index in [0.29, 0.717) is 6.54 Å². The molecule has 82 valence electrons. The molecule has 0 radical (unpaired) electrons. The molecule has 3 N–H and O–H groups in total. The van der Waals surface area contributed by atoms with Gasteiger partial charge in [0.05, 0.1) is 6.20 Å². The van der Waals surface area contributed by atoms with Gasteiger partial charge in [0.15, 0.2) is 5.82 Å². The first-order chi connectivity index (χ1) is 7.78. The average molecular weight is 214 g/mol. The molecule has 0 saturated heterocycles. The maximum Gasteiger partial charge on any atom is 0.153 e. The zero-order chi connectivity index (χ0) is 11.4.